The van der Waals surface area contributed by atoms with Crippen LogP contribution < -0.4 is 5.11 Å². The first-order valence-corrected chi connectivity index (χ1v) is 10.6. The Morgan fingerprint density at radius 1 is 0.833 bits per heavy atom. The Bertz CT molecular complexity index is 1070. The van der Waals surface area contributed by atoms with Crippen molar-refractivity contribution in [3.63, 3.8) is 0 Å². The van der Waals surface area contributed by atoms with Crippen LogP contribution in [0.3, 0.4) is 0 Å². The van der Waals surface area contributed by atoms with E-state index in [1.54, 1.807) is 0 Å². The third kappa shape index (κ3) is 6.95. The van der Waals surface area contributed by atoms with Crippen molar-refractivity contribution in [2.45, 2.75) is 22.9 Å². The Morgan fingerprint density at radius 3 is 1.50 bits per heavy atom. The predicted molar refractivity (Wildman–Crippen MR) is 91.3 cm³/mol. The number of rotatable bonds is 8. The molecule has 11 nitrogen and oxygen atoms in total. The van der Waals surface area contributed by atoms with Crippen LogP contribution in [0.4, 0.5) is 0 Å². The number of carboxylic acids is 1. The summed E-state index contributed by atoms with van der Waals surface area (Å²) in [7, 11) is -9.68. The molecule has 163 valence electrons. The number of carbonyl (C=O) groups is 1. The van der Waals surface area contributed by atoms with Crippen molar-refractivity contribution in [1.29, 1.82) is 0 Å². The number of carboxylic acid groups (broad SMARTS) is 1. The van der Waals surface area contributed by atoms with Crippen molar-refractivity contribution in [2.24, 2.45) is 0 Å². The van der Waals surface area contributed by atoms with E-state index in [0.717, 1.165) is 41.3 Å². The first kappa shape index (κ1) is 25.8. The van der Waals surface area contributed by atoms with E-state index in [-0.39, 0.29) is 28.2 Å². The second-order valence-corrected chi connectivity index (χ2v) is 8.77. The largest absolute Gasteiger partial charge is 3.00 e. The maximum Gasteiger partial charge on any atom is 3.00 e. The SMILES string of the molecule is O=C([O-])CN(Cc1cc(S(=O)(=O)[O-])ccc1O)Cc1cc(S(=O)(=O)[O-])ccc1O.[Fe+3]. The predicted octanol–water partition coefficient (Wildman–Crippen LogP) is -1.34. The number of nitrogens with zero attached hydrogens (tertiary/aromatic N) is 1. The minimum atomic E-state index is -4.84. The molecule has 0 saturated heterocycles. The van der Waals surface area contributed by atoms with Crippen molar-refractivity contribution in [1.82, 2.24) is 4.90 Å². The fourth-order valence-electron chi connectivity index (χ4n) is 2.52. The standard InChI is InChI=1S/C16H17NO10S2.Fe/c18-14-3-1-12(28(22,23)24)5-10(14)7-17(9-16(20)21)8-11-6-13(29(25,26)27)2-4-15(11)19;/h1-6,18-19H,7-9H2,(H,20,21)(H,22,23,24)(H,25,26,27);/q;+3/p-3. The number of carbonyl (C=O) groups excluding carboxylic acids is 1. The second-order valence-electron chi connectivity index (χ2n) is 6.01. The summed E-state index contributed by atoms with van der Waals surface area (Å²) in [5.41, 5.74) is -0.231. The number of aromatic hydroxyl groups is 2. The van der Waals surface area contributed by atoms with E-state index in [0.29, 0.717) is 0 Å². The molecule has 0 aliphatic rings. The van der Waals surface area contributed by atoms with Gasteiger partial charge in [0, 0.05) is 30.8 Å². The van der Waals surface area contributed by atoms with Gasteiger partial charge in [-0.1, -0.05) is 0 Å². The quantitative estimate of drug-likeness (QED) is 0.321. The molecular weight excluding hydrogens is 486 g/mol. The molecule has 0 aliphatic heterocycles. The van der Waals surface area contributed by atoms with Crippen molar-refractivity contribution in [2.75, 3.05) is 6.54 Å². The summed E-state index contributed by atoms with van der Waals surface area (Å²) < 4.78 is 66.9. The Labute approximate surface area is 182 Å². The van der Waals surface area contributed by atoms with Gasteiger partial charge in [-0.25, -0.2) is 16.8 Å². The number of hydrogen-bond donors (Lipinski definition) is 2. The summed E-state index contributed by atoms with van der Waals surface area (Å²) in [6.07, 6.45) is 0. The Morgan fingerprint density at radius 2 is 1.20 bits per heavy atom. The molecule has 0 fully saturated rings. The first-order valence-electron chi connectivity index (χ1n) is 7.75. The number of phenols is 2. The molecule has 0 saturated carbocycles. The fraction of sp³-hybridized carbons (Fsp3) is 0.188. The Hall–Kier alpha value is -2.19. The van der Waals surface area contributed by atoms with Gasteiger partial charge in [-0.05, 0) is 36.4 Å². The van der Waals surface area contributed by atoms with E-state index in [4.69, 9.17) is 0 Å². The molecule has 1 radical (unpaired) electrons. The van der Waals surface area contributed by atoms with Crippen molar-refractivity contribution >= 4 is 26.2 Å². The summed E-state index contributed by atoms with van der Waals surface area (Å²) in [5.74, 6) is -2.43. The van der Waals surface area contributed by atoms with E-state index in [1.165, 1.54) is 0 Å². The van der Waals surface area contributed by atoms with Crippen LogP contribution in [0.5, 0.6) is 11.5 Å². The average Bonchev–Trinajstić information content (AvgIpc) is 2.56. The third-order valence-corrected chi connectivity index (χ3v) is 5.48. The average molecular weight is 500 g/mol. The van der Waals surface area contributed by atoms with Crippen molar-refractivity contribution in [3.8, 4) is 11.5 Å². The van der Waals surface area contributed by atoms with E-state index in [1.807, 2.05) is 0 Å². The van der Waals surface area contributed by atoms with Crippen LogP contribution in [0.2, 0.25) is 0 Å². The van der Waals surface area contributed by atoms with Gasteiger partial charge in [-0.2, -0.15) is 0 Å². The third-order valence-electron chi connectivity index (χ3n) is 3.82. The molecule has 0 bridgehead atoms. The second kappa shape index (κ2) is 9.74. The van der Waals surface area contributed by atoms with Crippen LogP contribution in [0.15, 0.2) is 46.2 Å². The van der Waals surface area contributed by atoms with E-state index in [9.17, 15) is 46.1 Å². The van der Waals surface area contributed by atoms with Crippen LogP contribution in [0.1, 0.15) is 11.1 Å². The Balaban J connectivity index is 0.00000450. The van der Waals surface area contributed by atoms with Gasteiger partial charge in [0.2, 0.25) is 0 Å². The van der Waals surface area contributed by atoms with Gasteiger partial charge in [0.15, 0.2) is 0 Å². The molecule has 0 aromatic heterocycles. The number of benzene rings is 2. The fourth-order valence-corrected chi connectivity index (χ4v) is 3.56. The number of hydrogen-bond acceptors (Lipinski definition) is 11. The summed E-state index contributed by atoms with van der Waals surface area (Å²) in [4.78, 5) is 10.8. The molecule has 2 rings (SSSR count). The monoisotopic (exact) mass is 500 g/mol. The van der Waals surface area contributed by atoms with Crippen molar-refractivity contribution < 1.29 is 63.1 Å². The molecule has 0 heterocycles. The zero-order chi connectivity index (χ0) is 22.0. The van der Waals surface area contributed by atoms with Crippen LogP contribution in [0, 0.1) is 0 Å². The van der Waals surface area contributed by atoms with Crippen LogP contribution in [0.25, 0.3) is 0 Å². The molecule has 0 amide bonds. The van der Waals surface area contributed by atoms with Gasteiger partial charge in [0.05, 0.1) is 15.8 Å². The molecule has 0 spiro atoms. The molecule has 30 heavy (non-hydrogen) atoms. The maximum absolute atomic E-state index is 11.2. The zero-order valence-corrected chi connectivity index (χ0v) is 17.6. The summed E-state index contributed by atoms with van der Waals surface area (Å²) in [6.45, 7) is -1.57. The van der Waals surface area contributed by atoms with Gasteiger partial charge in [0.25, 0.3) is 0 Å². The van der Waals surface area contributed by atoms with Crippen molar-refractivity contribution in [3.05, 3.63) is 47.5 Å². The van der Waals surface area contributed by atoms with Gasteiger partial charge in [-0.3, -0.25) is 4.90 Å². The maximum atomic E-state index is 11.2. The van der Waals surface area contributed by atoms with Gasteiger partial charge in [-0.15, -0.1) is 0 Å². The normalized spacial score (nSPS) is 11.8. The molecule has 14 heteroatoms. The molecule has 2 aromatic carbocycles. The zero-order valence-electron chi connectivity index (χ0n) is 14.9. The minimum Gasteiger partial charge on any atom is -0.744 e. The van der Waals surface area contributed by atoms with Gasteiger partial charge in [0.1, 0.15) is 31.7 Å². The summed E-state index contributed by atoms with van der Waals surface area (Å²) >= 11 is 0. The molecule has 0 aliphatic carbocycles. The molecule has 0 unspecified atom stereocenters. The van der Waals surface area contributed by atoms with Crippen LogP contribution >= 0.6 is 0 Å². The van der Waals surface area contributed by atoms with E-state index < -0.39 is 67.1 Å². The summed E-state index contributed by atoms with van der Waals surface area (Å²) in [6, 6.07) is 5.35. The molecule has 2 N–H and O–H groups in total. The molecule has 0 atom stereocenters. The Kier molecular flexibility index (Phi) is 8.40. The first-order chi connectivity index (χ1) is 13.3. The summed E-state index contributed by atoms with van der Waals surface area (Å²) in [5, 5.41) is 30.8. The van der Waals surface area contributed by atoms with Gasteiger partial charge >= 0.3 is 17.1 Å². The minimum absolute atomic E-state index is 0. The van der Waals surface area contributed by atoms with Crippen LogP contribution in [-0.2, 0) is 55.2 Å². The smallest absolute Gasteiger partial charge is 0.744 e. The molecule has 2 aromatic rings. The van der Waals surface area contributed by atoms with Gasteiger partial charge < -0.3 is 29.2 Å². The number of aliphatic carboxylic acids is 1. The number of phenolic OH excluding ortho intramolecular Hbond substituents is 2. The topological polar surface area (TPSA) is 198 Å². The van der Waals surface area contributed by atoms with E-state index >= 15 is 0 Å². The molecular formula is C16H14FeNO10S2. The van der Waals surface area contributed by atoms with E-state index in [2.05, 4.69) is 0 Å². The van der Waals surface area contributed by atoms with Crippen LogP contribution in [-0.4, -0.2) is 53.6 Å².